The average molecular weight is 259 g/mol. The molecule has 1 atom stereocenters. The molecule has 2 N–H and O–H groups in total. The molecule has 0 aliphatic heterocycles. The zero-order chi connectivity index (χ0) is 13.4. The Labute approximate surface area is 105 Å². The van der Waals surface area contributed by atoms with Crippen molar-refractivity contribution in [2.75, 3.05) is 0 Å². The standard InChI is InChI=1S/C12H15ClO4/c1-6(2)12(11(16)17)5-8(10(14)15)4-7(3)9(12)13/h4,6H,5H2,1-3H3,(H,14,15)(H,16,17). The predicted octanol–water partition coefficient (Wildman–Crippen LogP) is 2.64. The van der Waals surface area contributed by atoms with Crippen LogP contribution in [0.2, 0.25) is 0 Å². The first-order valence-electron chi connectivity index (χ1n) is 5.27. The van der Waals surface area contributed by atoms with E-state index in [-0.39, 0.29) is 22.9 Å². The topological polar surface area (TPSA) is 74.6 Å². The van der Waals surface area contributed by atoms with Crippen molar-refractivity contribution in [2.24, 2.45) is 11.3 Å². The molecule has 1 rings (SSSR count). The molecule has 0 amide bonds. The summed E-state index contributed by atoms with van der Waals surface area (Å²) < 4.78 is 0. The first-order valence-corrected chi connectivity index (χ1v) is 5.65. The largest absolute Gasteiger partial charge is 0.481 e. The van der Waals surface area contributed by atoms with Crippen LogP contribution in [0.1, 0.15) is 27.2 Å². The first-order chi connectivity index (χ1) is 7.73. The highest BCUT2D eigenvalue weighted by atomic mass is 35.5. The van der Waals surface area contributed by atoms with E-state index >= 15 is 0 Å². The number of carbonyl (C=O) groups is 2. The van der Waals surface area contributed by atoms with Gasteiger partial charge >= 0.3 is 11.9 Å². The van der Waals surface area contributed by atoms with Crippen LogP contribution in [0.25, 0.3) is 0 Å². The van der Waals surface area contributed by atoms with Crippen molar-refractivity contribution in [3.05, 3.63) is 22.3 Å². The van der Waals surface area contributed by atoms with Crippen LogP contribution in [-0.4, -0.2) is 22.2 Å². The van der Waals surface area contributed by atoms with Crippen molar-refractivity contribution >= 4 is 23.5 Å². The lowest BCUT2D eigenvalue weighted by Gasteiger charge is -2.36. The molecule has 5 heteroatoms. The SMILES string of the molecule is CC1=C(Cl)C(C(=O)O)(C(C)C)CC(C(=O)O)=C1. The number of halogens is 1. The molecule has 0 saturated heterocycles. The molecule has 17 heavy (non-hydrogen) atoms. The summed E-state index contributed by atoms with van der Waals surface area (Å²) in [5.74, 6) is -2.46. The third kappa shape index (κ3) is 2.09. The van der Waals surface area contributed by atoms with Gasteiger partial charge in [0.25, 0.3) is 0 Å². The molecule has 4 nitrogen and oxygen atoms in total. The lowest BCUT2D eigenvalue weighted by atomic mass is 9.68. The fraction of sp³-hybridized carbons (Fsp3) is 0.500. The Bertz CT molecular complexity index is 434. The van der Waals surface area contributed by atoms with E-state index in [4.69, 9.17) is 16.7 Å². The second kappa shape index (κ2) is 4.53. The molecule has 0 radical (unpaired) electrons. The zero-order valence-corrected chi connectivity index (χ0v) is 10.7. The molecular formula is C12H15ClO4. The van der Waals surface area contributed by atoms with E-state index in [1.54, 1.807) is 20.8 Å². The van der Waals surface area contributed by atoms with Gasteiger partial charge in [0.15, 0.2) is 0 Å². The molecule has 0 aromatic rings. The molecule has 0 bridgehead atoms. The maximum absolute atomic E-state index is 11.5. The zero-order valence-electron chi connectivity index (χ0n) is 9.95. The number of carboxylic acids is 2. The van der Waals surface area contributed by atoms with Gasteiger partial charge in [-0.25, -0.2) is 4.79 Å². The summed E-state index contributed by atoms with van der Waals surface area (Å²) in [5.41, 5.74) is -0.733. The fourth-order valence-corrected chi connectivity index (χ4v) is 2.54. The number of carboxylic acid groups (broad SMARTS) is 2. The lowest BCUT2D eigenvalue weighted by Crippen LogP contribution is -2.40. The normalized spacial score (nSPS) is 24.9. The third-order valence-corrected chi connectivity index (χ3v) is 3.88. The quantitative estimate of drug-likeness (QED) is 0.816. The molecule has 0 heterocycles. The molecule has 0 aromatic carbocycles. The number of hydrogen-bond donors (Lipinski definition) is 2. The molecular weight excluding hydrogens is 244 g/mol. The van der Waals surface area contributed by atoms with Crippen LogP contribution in [-0.2, 0) is 9.59 Å². The molecule has 0 fully saturated rings. The Kier molecular flexibility index (Phi) is 3.67. The number of aliphatic carboxylic acids is 2. The van der Waals surface area contributed by atoms with Crippen LogP contribution in [0.5, 0.6) is 0 Å². The highest BCUT2D eigenvalue weighted by Crippen LogP contribution is 2.48. The Morgan fingerprint density at radius 2 is 1.94 bits per heavy atom. The summed E-state index contributed by atoms with van der Waals surface area (Å²) in [5, 5.41) is 18.6. The van der Waals surface area contributed by atoms with E-state index in [1.165, 1.54) is 6.08 Å². The van der Waals surface area contributed by atoms with Gasteiger partial charge in [-0.2, -0.15) is 0 Å². The van der Waals surface area contributed by atoms with Gasteiger partial charge in [0, 0.05) is 17.0 Å². The molecule has 94 valence electrons. The third-order valence-electron chi connectivity index (χ3n) is 3.24. The Hall–Kier alpha value is -1.29. The van der Waals surface area contributed by atoms with Crippen LogP contribution < -0.4 is 0 Å². The maximum atomic E-state index is 11.5. The van der Waals surface area contributed by atoms with E-state index in [0.29, 0.717) is 5.57 Å². The minimum atomic E-state index is -1.33. The number of hydrogen-bond acceptors (Lipinski definition) is 2. The van der Waals surface area contributed by atoms with Gasteiger partial charge < -0.3 is 10.2 Å². The number of allylic oxidation sites excluding steroid dienone is 2. The van der Waals surface area contributed by atoms with Gasteiger partial charge in [-0.3, -0.25) is 4.79 Å². The maximum Gasteiger partial charge on any atom is 0.331 e. The van der Waals surface area contributed by atoms with E-state index in [1.807, 2.05) is 0 Å². The minimum Gasteiger partial charge on any atom is -0.481 e. The Balaban J connectivity index is 3.42. The van der Waals surface area contributed by atoms with E-state index in [0.717, 1.165) is 0 Å². The minimum absolute atomic E-state index is 0.0779. The van der Waals surface area contributed by atoms with Crippen molar-refractivity contribution < 1.29 is 19.8 Å². The summed E-state index contributed by atoms with van der Waals surface area (Å²) in [7, 11) is 0. The van der Waals surface area contributed by atoms with E-state index in [2.05, 4.69) is 0 Å². The monoisotopic (exact) mass is 258 g/mol. The molecule has 0 saturated carbocycles. The van der Waals surface area contributed by atoms with Crippen molar-refractivity contribution in [3.8, 4) is 0 Å². The van der Waals surface area contributed by atoms with Crippen molar-refractivity contribution in [3.63, 3.8) is 0 Å². The van der Waals surface area contributed by atoms with Gasteiger partial charge in [0.05, 0.1) is 0 Å². The van der Waals surface area contributed by atoms with Crippen LogP contribution >= 0.6 is 11.6 Å². The van der Waals surface area contributed by atoms with Crippen LogP contribution in [0.3, 0.4) is 0 Å². The molecule has 0 spiro atoms. The van der Waals surface area contributed by atoms with Crippen molar-refractivity contribution in [1.82, 2.24) is 0 Å². The van der Waals surface area contributed by atoms with E-state index < -0.39 is 17.4 Å². The van der Waals surface area contributed by atoms with Gasteiger partial charge in [0.2, 0.25) is 0 Å². The Morgan fingerprint density at radius 1 is 1.41 bits per heavy atom. The second-order valence-electron chi connectivity index (χ2n) is 4.58. The summed E-state index contributed by atoms with van der Waals surface area (Å²) in [6.45, 7) is 5.09. The van der Waals surface area contributed by atoms with Gasteiger partial charge in [-0.05, 0) is 24.5 Å². The Morgan fingerprint density at radius 3 is 2.29 bits per heavy atom. The summed E-state index contributed by atoms with van der Waals surface area (Å²) >= 11 is 6.11. The summed E-state index contributed by atoms with van der Waals surface area (Å²) in [4.78, 5) is 22.5. The summed E-state index contributed by atoms with van der Waals surface area (Å²) in [6, 6.07) is 0. The summed E-state index contributed by atoms with van der Waals surface area (Å²) in [6.07, 6.45) is 1.36. The highest BCUT2D eigenvalue weighted by Gasteiger charge is 2.48. The first kappa shape index (κ1) is 13.8. The van der Waals surface area contributed by atoms with Gasteiger partial charge in [-0.15, -0.1) is 0 Å². The lowest BCUT2D eigenvalue weighted by molar-refractivity contribution is -0.149. The van der Waals surface area contributed by atoms with Crippen molar-refractivity contribution in [2.45, 2.75) is 27.2 Å². The van der Waals surface area contributed by atoms with Crippen LogP contribution in [0, 0.1) is 11.3 Å². The second-order valence-corrected chi connectivity index (χ2v) is 4.96. The predicted molar refractivity (Wildman–Crippen MR) is 63.8 cm³/mol. The molecule has 1 aliphatic rings. The van der Waals surface area contributed by atoms with Gasteiger partial charge in [-0.1, -0.05) is 25.4 Å². The smallest absolute Gasteiger partial charge is 0.331 e. The number of rotatable bonds is 3. The van der Waals surface area contributed by atoms with Crippen LogP contribution in [0.15, 0.2) is 22.3 Å². The average Bonchev–Trinajstić information content (AvgIpc) is 2.20. The van der Waals surface area contributed by atoms with Gasteiger partial charge in [0.1, 0.15) is 5.41 Å². The van der Waals surface area contributed by atoms with Crippen molar-refractivity contribution in [1.29, 1.82) is 0 Å². The van der Waals surface area contributed by atoms with Crippen LogP contribution in [0.4, 0.5) is 0 Å². The molecule has 0 aromatic heterocycles. The molecule has 1 aliphatic carbocycles. The fourth-order valence-electron chi connectivity index (χ4n) is 2.12. The highest BCUT2D eigenvalue weighted by molar-refractivity contribution is 6.32. The molecule has 1 unspecified atom stereocenters. The van der Waals surface area contributed by atoms with E-state index in [9.17, 15) is 14.7 Å².